The number of nitrogens with one attached hydrogen (secondary N) is 2. The molecule has 1 unspecified atom stereocenters. The minimum absolute atomic E-state index is 0.282. The zero-order chi connectivity index (χ0) is 21.0. The van der Waals surface area contributed by atoms with Crippen LogP contribution in [0.25, 0.3) is 33.8 Å². The fourth-order valence-electron chi connectivity index (χ4n) is 3.58. The summed E-state index contributed by atoms with van der Waals surface area (Å²) in [5, 5.41) is 4.72. The Hall–Kier alpha value is -4.13. The molecule has 4 aromatic heterocycles. The number of benzene rings is 1. The Labute approximate surface area is 179 Å². The summed E-state index contributed by atoms with van der Waals surface area (Å²) in [7, 11) is 0. The molecule has 0 saturated heterocycles. The van der Waals surface area contributed by atoms with Gasteiger partial charge in [0.2, 0.25) is 0 Å². The van der Waals surface area contributed by atoms with Crippen molar-refractivity contribution in [2.24, 2.45) is 0 Å². The van der Waals surface area contributed by atoms with Gasteiger partial charge in [-0.05, 0) is 29.8 Å². The Bertz CT molecular complexity index is 1240. The Morgan fingerprint density at radius 2 is 1.81 bits per heavy atom. The average Bonchev–Trinajstić information content (AvgIpc) is 3.28. The number of aromatic nitrogens is 6. The van der Waals surface area contributed by atoms with Crippen LogP contribution in [-0.2, 0) is 0 Å². The predicted molar refractivity (Wildman–Crippen MR) is 121 cm³/mol. The summed E-state index contributed by atoms with van der Waals surface area (Å²) in [6.07, 6.45) is 8.99. The van der Waals surface area contributed by atoms with Gasteiger partial charge in [-0.2, -0.15) is 0 Å². The van der Waals surface area contributed by atoms with Crippen molar-refractivity contribution in [3.63, 3.8) is 0 Å². The zero-order valence-electron chi connectivity index (χ0n) is 17.0. The number of pyridine rings is 1. The minimum Gasteiger partial charge on any atom is -0.369 e. The van der Waals surface area contributed by atoms with Crippen molar-refractivity contribution in [2.45, 2.75) is 12.8 Å². The molecule has 5 rings (SSSR count). The van der Waals surface area contributed by atoms with E-state index in [-0.39, 0.29) is 5.92 Å². The lowest BCUT2D eigenvalue weighted by atomic mass is 10.0. The monoisotopic (exact) mass is 407 g/mol. The van der Waals surface area contributed by atoms with Crippen LogP contribution in [0.15, 0.2) is 79.5 Å². The van der Waals surface area contributed by atoms with E-state index in [1.165, 1.54) is 10.9 Å². The molecule has 1 aromatic carbocycles. The third-order valence-corrected chi connectivity index (χ3v) is 5.19. The maximum absolute atomic E-state index is 4.67. The van der Waals surface area contributed by atoms with Gasteiger partial charge >= 0.3 is 0 Å². The van der Waals surface area contributed by atoms with E-state index in [9.17, 15) is 0 Å². The molecule has 7 heteroatoms. The van der Waals surface area contributed by atoms with Crippen LogP contribution in [0.5, 0.6) is 0 Å². The van der Waals surface area contributed by atoms with Crippen molar-refractivity contribution in [2.75, 3.05) is 11.9 Å². The van der Waals surface area contributed by atoms with Gasteiger partial charge in [0.15, 0.2) is 11.6 Å². The van der Waals surface area contributed by atoms with E-state index in [2.05, 4.69) is 66.5 Å². The molecule has 4 heterocycles. The van der Waals surface area contributed by atoms with Crippen molar-refractivity contribution < 1.29 is 0 Å². The summed E-state index contributed by atoms with van der Waals surface area (Å²) in [5.41, 5.74) is 4.10. The second kappa shape index (κ2) is 8.31. The lowest BCUT2D eigenvalue weighted by Gasteiger charge is -2.14. The number of H-pyrrole nitrogens is 1. The average molecular weight is 407 g/mol. The molecule has 0 spiro atoms. The van der Waals surface area contributed by atoms with Crippen LogP contribution < -0.4 is 5.32 Å². The first-order valence-electron chi connectivity index (χ1n) is 10.1. The van der Waals surface area contributed by atoms with Crippen LogP contribution in [0.1, 0.15) is 18.4 Å². The normalized spacial score (nSPS) is 12.0. The Morgan fingerprint density at radius 1 is 0.935 bits per heavy atom. The van der Waals surface area contributed by atoms with Crippen LogP contribution in [0.3, 0.4) is 0 Å². The number of nitrogens with zero attached hydrogens (tertiary/aromatic N) is 5. The first-order chi connectivity index (χ1) is 15.3. The van der Waals surface area contributed by atoms with Crippen molar-refractivity contribution in [1.29, 1.82) is 0 Å². The van der Waals surface area contributed by atoms with E-state index in [1.807, 2.05) is 24.3 Å². The van der Waals surface area contributed by atoms with E-state index in [1.54, 1.807) is 30.9 Å². The summed E-state index contributed by atoms with van der Waals surface area (Å²) < 4.78 is 0. The molecule has 0 bridgehead atoms. The van der Waals surface area contributed by atoms with E-state index in [4.69, 9.17) is 0 Å². The molecule has 0 aliphatic heterocycles. The number of fused-ring (bicyclic) bond motifs is 1. The number of anilines is 1. The second-order valence-electron chi connectivity index (χ2n) is 7.35. The maximum atomic E-state index is 4.67. The van der Waals surface area contributed by atoms with E-state index in [0.29, 0.717) is 11.6 Å². The van der Waals surface area contributed by atoms with Crippen molar-refractivity contribution in [3.8, 4) is 22.9 Å². The quantitative estimate of drug-likeness (QED) is 0.424. The first-order valence-corrected chi connectivity index (χ1v) is 10.1. The van der Waals surface area contributed by atoms with Crippen LogP contribution in [0, 0.1) is 0 Å². The molecule has 0 saturated carbocycles. The summed E-state index contributed by atoms with van der Waals surface area (Å²) in [4.78, 5) is 25.5. The highest BCUT2D eigenvalue weighted by Crippen LogP contribution is 2.27. The summed E-state index contributed by atoms with van der Waals surface area (Å²) in [6, 6.07) is 15.9. The molecule has 1 atom stereocenters. The Balaban J connectivity index is 1.45. The van der Waals surface area contributed by atoms with Gasteiger partial charge in [-0.1, -0.05) is 25.1 Å². The van der Waals surface area contributed by atoms with Gasteiger partial charge in [0.05, 0.1) is 5.69 Å². The van der Waals surface area contributed by atoms with Crippen molar-refractivity contribution >= 4 is 16.7 Å². The van der Waals surface area contributed by atoms with Gasteiger partial charge in [0.1, 0.15) is 5.82 Å². The fourth-order valence-corrected chi connectivity index (χ4v) is 3.58. The zero-order valence-corrected chi connectivity index (χ0v) is 17.0. The first kappa shape index (κ1) is 18.9. The van der Waals surface area contributed by atoms with Crippen LogP contribution >= 0.6 is 0 Å². The second-order valence-corrected chi connectivity index (χ2v) is 7.35. The van der Waals surface area contributed by atoms with Gasteiger partial charge in [-0.25, -0.2) is 19.9 Å². The van der Waals surface area contributed by atoms with E-state index >= 15 is 0 Å². The predicted octanol–water partition coefficient (Wildman–Crippen LogP) is 4.69. The van der Waals surface area contributed by atoms with Gasteiger partial charge in [-0.3, -0.25) is 4.98 Å². The molecule has 7 nitrogen and oxygen atoms in total. The smallest absolute Gasteiger partial charge is 0.200 e. The van der Waals surface area contributed by atoms with E-state index in [0.717, 1.165) is 29.1 Å². The minimum atomic E-state index is 0.282. The van der Waals surface area contributed by atoms with Crippen molar-refractivity contribution in [1.82, 2.24) is 29.9 Å². The molecular formula is C24H21N7. The largest absolute Gasteiger partial charge is 0.369 e. The summed E-state index contributed by atoms with van der Waals surface area (Å²) in [6.45, 7) is 2.92. The summed E-state index contributed by atoms with van der Waals surface area (Å²) in [5.74, 6) is 1.97. The number of hydrogen-bond acceptors (Lipinski definition) is 6. The molecule has 0 aliphatic rings. The Kier molecular flexibility index (Phi) is 5.06. The number of hydrogen-bond donors (Lipinski definition) is 2. The van der Waals surface area contributed by atoms with Gasteiger partial charge in [0.25, 0.3) is 0 Å². The number of rotatable bonds is 6. The van der Waals surface area contributed by atoms with Gasteiger partial charge < -0.3 is 10.3 Å². The Morgan fingerprint density at radius 3 is 2.65 bits per heavy atom. The van der Waals surface area contributed by atoms with Crippen LogP contribution in [0.2, 0.25) is 0 Å². The highest BCUT2D eigenvalue weighted by atomic mass is 15.1. The van der Waals surface area contributed by atoms with Gasteiger partial charge in [0, 0.05) is 66.0 Å². The maximum Gasteiger partial charge on any atom is 0.200 e. The highest BCUT2D eigenvalue weighted by Gasteiger charge is 2.14. The summed E-state index contributed by atoms with van der Waals surface area (Å²) >= 11 is 0. The molecule has 152 valence electrons. The molecule has 0 amide bonds. The molecule has 5 aromatic rings. The molecule has 0 fully saturated rings. The molecular weight excluding hydrogens is 386 g/mol. The number of para-hydroxylation sites is 1. The molecule has 2 N–H and O–H groups in total. The van der Waals surface area contributed by atoms with Crippen molar-refractivity contribution in [3.05, 3.63) is 85.1 Å². The topological polar surface area (TPSA) is 92.3 Å². The standard InChI is InChI=1S/C24H21N7/c1-16(19-15-28-20-8-3-2-7-18(19)20)13-29-22-12-21(17-6-4-9-25-14-17)30-24(31-22)23-26-10-5-11-27-23/h2-12,14-16,28H,13H2,1H3,(H,29,30,31). The lowest BCUT2D eigenvalue weighted by molar-refractivity contribution is 0.807. The number of aromatic amines is 1. The van der Waals surface area contributed by atoms with E-state index < -0.39 is 0 Å². The lowest BCUT2D eigenvalue weighted by Crippen LogP contribution is -2.11. The molecule has 31 heavy (non-hydrogen) atoms. The van der Waals surface area contributed by atoms with Gasteiger partial charge in [-0.15, -0.1) is 0 Å². The molecule has 0 radical (unpaired) electrons. The SMILES string of the molecule is CC(CNc1cc(-c2cccnc2)nc(-c2ncccn2)n1)c1c[nH]c2ccccc12. The third-order valence-electron chi connectivity index (χ3n) is 5.19. The molecule has 0 aliphatic carbocycles. The fraction of sp³-hybridized carbons (Fsp3) is 0.125. The van der Waals surface area contributed by atoms with Crippen LogP contribution in [-0.4, -0.2) is 36.4 Å². The highest BCUT2D eigenvalue weighted by molar-refractivity contribution is 5.83. The third kappa shape index (κ3) is 3.98. The van der Waals surface area contributed by atoms with Crippen LogP contribution in [0.4, 0.5) is 5.82 Å².